The number of halogens is 3. The molecule has 0 spiro atoms. The molecule has 1 aliphatic heterocycles. The van der Waals surface area contributed by atoms with Crippen LogP contribution in [0, 0.1) is 22.1 Å². The van der Waals surface area contributed by atoms with Gasteiger partial charge in [-0.2, -0.15) is 0 Å². The molecule has 0 aliphatic carbocycles. The first-order valence-corrected chi connectivity index (χ1v) is 12.5. The first-order valence-electron chi connectivity index (χ1n) is 11.4. The van der Waals surface area contributed by atoms with E-state index in [9.17, 15) is 13.6 Å². The summed E-state index contributed by atoms with van der Waals surface area (Å²) in [5.74, 6) is -1.60. The molecule has 0 bridgehead atoms. The number of aryl methyl sites for hydroxylation is 2. The van der Waals surface area contributed by atoms with E-state index in [1.165, 1.54) is 23.4 Å². The number of ether oxygens (including phenoxy) is 1. The lowest BCUT2D eigenvalue weighted by Crippen LogP contribution is -2.44. The maximum atomic E-state index is 14.5. The number of carbonyl (C=O) groups is 1. The number of anilines is 1. The summed E-state index contributed by atoms with van der Waals surface area (Å²) < 4.78 is 34.8. The fourth-order valence-electron chi connectivity index (χ4n) is 4.17. The third kappa shape index (κ3) is 5.79. The van der Waals surface area contributed by atoms with E-state index in [4.69, 9.17) is 10.5 Å². The van der Waals surface area contributed by atoms with Crippen LogP contribution in [-0.2, 0) is 17.8 Å². The van der Waals surface area contributed by atoms with Crippen molar-refractivity contribution in [1.29, 1.82) is 0 Å². The van der Waals surface area contributed by atoms with Gasteiger partial charge in [0.15, 0.2) is 0 Å². The van der Waals surface area contributed by atoms with Crippen molar-refractivity contribution in [3.63, 3.8) is 0 Å². The van der Waals surface area contributed by atoms with Crippen LogP contribution in [0.15, 0.2) is 42.6 Å². The van der Waals surface area contributed by atoms with E-state index in [1.807, 2.05) is 0 Å². The minimum Gasteiger partial charge on any atom is -0.383 e. The Morgan fingerprint density at radius 1 is 1.23 bits per heavy atom. The Kier molecular flexibility index (Phi) is 7.98. The van der Waals surface area contributed by atoms with E-state index < -0.39 is 17.5 Å². The van der Waals surface area contributed by atoms with Crippen LogP contribution in [0.3, 0.4) is 0 Å². The van der Waals surface area contributed by atoms with Crippen molar-refractivity contribution in [3.8, 4) is 11.1 Å². The number of hydrogen-bond donors (Lipinski definition) is 3. The van der Waals surface area contributed by atoms with Crippen LogP contribution in [0.1, 0.15) is 34.0 Å². The van der Waals surface area contributed by atoms with Gasteiger partial charge in [-0.05, 0) is 70.8 Å². The van der Waals surface area contributed by atoms with Gasteiger partial charge in [0.05, 0.1) is 27.9 Å². The minimum atomic E-state index is -0.607. The molecule has 0 radical (unpaired) electrons. The van der Waals surface area contributed by atoms with Gasteiger partial charge in [0.2, 0.25) is 0 Å². The Bertz CT molecular complexity index is 1250. The summed E-state index contributed by atoms with van der Waals surface area (Å²) >= 11 is 1.72. The standard InChI is InChI=1S/C26H27F2IN4O2/c1-3-16-6-15(5-4-14(16)2)13-35-24-12-31-11-23(24)33-26(34)19-7-17(10-32-25(19)30)18-8-21(28)22(29)9-20(18)27/h4-10,23-24,31H,3,11-13H2,1-2H3,(H2,30,32)(H,33,34)/t23-,24-/m0/s1. The number of nitrogen functional groups attached to an aromatic ring is 1. The SMILES string of the molecule is CCc1cc(CO[C@H]2CNC[C@@H]2NC(=O)c2cc(-c3cc(F)c(I)cc3F)cnc2N)ccc1C. The number of nitrogens with two attached hydrogens (primary N) is 1. The third-order valence-electron chi connectivity index (χ3n) is 6.22. The lowest BCUT2D eigenvalue weighted by atomic mass is 10.0. The highest BCUT2D eigenvalue weighted by atomic mass is 127. The molecule has 184 valence electrons. The van der Waals surface area contributed by atoms with Crippen molar-refractivity contribution < 1.29 is 18.3 Å². The highest BCUT2D eigenvalue weighted by Gasteiger charge is 2.30. The molecule has 6 nitrogen and oxygen atoms in total. The monoisotopic (exact) mass is 592 g/mol. The molecule has 2 heterocycles. The van der Waals surface area contributed by atoms with Gasteiger partial charge >= 0.3 is 0 Å². The van der Waals surface area contributed by atoms with Crippen LogP contribution in [0.25, 0.3) is 11.1 Å². The predicted molar refractivity (Wildman–Crippen MR) is 140 cm³/mol. The van der Waals surface area contributed by atoms with Gasteiger partial charge in [-0.25, -0.2) is 13.8 Å². The highest BCUT2D eigenvalue weighted by molar-refractivity contribution is 14.1. The molecular formula is C26H27F2IN4O2. The first kappa shape index (κ1) is 25.5. The highest BCUT2D eigenvalue weighted by Crippen LogP contribution is 2.28. The summed E-state index contributed by atoms with van der Waals surface area (Å²) in [4.78, 5) is 17.1. The van der Waals surface area contributed by atoms with Crippen molar-refractivity contribution in [2.24, 2.45) is 0 Å². The van der Waals surface area contributed by atoms with Crippen LogP contribution in [0.5, 0.6) is 0 Å². The molecular weight excluding hydrogens is 565 g/mol. The summed E-state index contributed by atoms with van der Waals surface area (Å²) in [5, 5.41) is 6.19. The molecule has 35 heavy (non-hydrogen) atoms. The molecule has 1 fully saturated rings. The molecule has 1 amide bonds. The first-order chi connectivity index (χ1) is 16.8. The van der Waals surface area contributed by atoms with Crippen LogP contribution < -0.4 is 16.4 Å². The number of rotatable bonds is 7. The Labute approximate surface area is 216 Å². The zero-order valence-electron chi connectivity index (χ0n) is 19.5. The van der Waals surface area contributed by atoms with Gasteiger partial charge in [-0.1, -0.05) is 25.1 Å². The topological polar surface area (TPSA) is 89.3 Å². The average molecular weight is 592 g/mol. The number of amides is 1. The molecule has 0 saturated carbocycles. The predicted octanol–water partition coefficient (Wildman–Crippen LogP) is 4.37. The van der Waals surface area contributed by atoms with E-state index in [2.05, 4.69) is 47.7 Å². The largest absolute Gasteiger partial charge is 0.383 e. The average Bonchev–Trinajstić information content (AvgIpc) is 3.28. The Morgan fingerprint density at radius 2 is 2.03 bits per heavy atom. The van der Waals surface area contributed by atoms with Crippen molar-refractivity contribution in [3.05, 3.63) is 80.1 Å². The molecule has 2 aromatic carbocycles. The molecule has 1 saturated heterocycles. The number of pyridine rings is 1. The zero-order chi connectivity index (χ0) is 25.1. The number of nitrogens with zero attached hydrogens (tertiary/aromatic N) is 1. The van der Waals surface area contributed by atoms with Crippen molar-refractivity contribution in [2.45, 2.75) is 39.0 Å². The molecule has 3 aromatic rings. The number of aromatic nitrogens is 1. The molecule has 4 rings (SSSR count). The number of benzene rings is 2. The van der Waals surface area contributed by atoms with Gasteiger partial charge in [0, 0.05) is 30.4 Å². The Hall–Kier alpha value is -2.63. The summed E-state index contributed by atoms with van der Waals surface area (Å²) in [6, 6.07) is 9.63. The molecule has 0 unspecified atom stereocenters. The summed E-state index contributed by atoms with van der Waals surface area (Å²) in [7, 11) is 0. The molecule has 1 aliphatic rings. The van der Waals surface area contributed by atoms with Gasteiger partial charge in [-0.15, -0.1) is 0 Å². The normalized spacial score (nSPS) is 17.5. The van der Waals surface area contributed by atoms with Crippen molar-refractivity contribution in [2.75, 3.05) is 18.8 Å². The van der Waals surface area contributed by atoms with Crippen LogP contribution in [0.4, 0.5) is 14.6 Å². The van der Waals surface area contributed by atoms with Gasteiger partial charge in [0.25, 0.3) is 5.91 Å². The van der Waals surface area contributed by atoms with E-state index >= 15 is 0 Å². The van der Waals surface area contributed by atoms with E-state index in [0.717, 1.165) is 24.1 Å². The molecule has 2 atom stereocenters. The van der Waals surface area contributed by atoms with Crippen LogP contribution in [0.2, 0.25) is 0 Å². The summed E-state index contributed by atoms with van der Waals surface area (Å²) in [6.07, 6.45) is 2.05. The fourth-order valence-corrected chi connectivity index (χ4v) is 4.60. The Morgan fingerprint density at radius 3 is 2.80 bits per heavy atom. The van der Waals surface area contributed by atoms with E-state index in [-0.39, 0.29) is 38.2 Å². The van der Waals surface area contributed by atoms with Gasteiger partial charge < -0.3 is 21.1 Å². The summed E-state index contributed by atoms with van der Waals surface area (Å²) in [5.41, 5.74) is 9.95. The number of carbonyl (C=O) groups excluding carboxylic acids is 1. The lowest BCUT2D eigenvalue weighted by molar-refractivity contribution is 0.0357. The van der Waals surface area contributed by atoms with Gasteiger partial charge in [-0.3, -0.25) is 4.79 Å². The number of hydrogen-bond acceptors (Lipinski definition) is 5. The molecule has 4 N–H and O–H groups in total. The second kappa shape index (κ2) is 11.0. The maximum absolute atomic E-state index is 14.5. The minimum absolute atomic E-state index is 0.00724. The second-order valence-electron chi connectivity index (χ2n) is 8.61. The van der Waals surface area contributed by atoms with E-state index in [0.29, 0.717) is 19.7 Å². The Balaban J connectivity index is 1.47. The quantitative estimate of drug-likeness (QED) is 0.280. The second-order valence-corrected chi connectivity index (χ2v) is 9.77. The maximum Gasteiger partial charge on any atom is 0.255 e. The fraction of sp³-hybridized carbons (Fsp3) is 0.308. The van der Waals surface area contributed by atoms with Crippen LogP contribution in [-0.4, -0.2) is 36.1 Å². The molecule has 9 heteroatoms. The van der Waals surface area contributed by atoms with Crippen molar-refractivity contribution in [1.82, 2.24) is 15.6 Å². The van der Waals surface area contributed by atoms with Crippen molar-refractivity contribution >= 4 is 34.3 Å². The van der Waals surface area contributed by atoms with E-state index in [1.54, 1.807) is 22.6 Å². The summed E-state index contributed by atoms with van der Waals surface area (Å²) in [6.45, 7) is 5.78. The van der Waals surface area contributed by atoms with Gasteiger partial charge in [0.1, 0.15) is 17.5 Å². The third-order valence-corrected chi connectivity index (χ3v) is 7.04. The lowest BCUT2D eigenvalue weighted by Gasteiger charge is -2.21. The zero-order valence-corrected chi connectivity index (χ0v) is 21.7. The smallest absolute Gasteiger partial charge is 0.255 e. The number of nitrogens with one attached hydrogen (secondary N) is 2. The molecule has 1 aromatic heterocycles. The van der Waals surface area contributed by atoms with Crippen LogP contribution >= 0.6 is 22.6 Å².